The first kappa shape index (κ1) is 15.6. The van der Waals surface area contributed by atoms with E-state index in [0.29, 0.717) is 6.04 Å². The van der Waals surface area contributed by atoms with Crippen LogP contribution in [0.25, 0.3) is 0 Å². The van der Waals surface area contributed by atoms with Crippen LogP contribution < -0.4 is 5.32 Å². The van der Waals surface area contributed by atoms with Gasteiger partial charge >= 0.3 is 0 Å². The highest BCUT2D eigenvalue weighted by molar-refractivity contribution is 5.26. The minimum Gasteiger partial charge on any atom is -0.311 e. The van der Waals surface area contributed by atoms with Gasteiger partial charge in [-0.1, -0.05) is 38.1 Å². The van der Waals surface area contributed by atoms with E-state index in [1.807, 2.05) is 0 Å². The topological polar surface area (TPSA) is 12.0 Å². The highest BCUT2D eigenvalue weighted by atomic mass is 14.9. The summed E-state index contributed by atoms with van der Waals surface area (Å²) < 4.78 is 0. The molecule has 0 aromatic heterocycles. The maximum Gasteiger partial charge on any atom is 0.00818 e. The van der Waals surface area contributed by atoms with Gasteiger partial charge in [0.2, 0.25) is 0 Å². The maximum atomic E-state index is 3.85. The second kappa shape index (κ2) is 7.26. The van der Waals surface area contributed by atoms with Gasteiger partial charge in [-0.2, -0.15) is 0 Å². The summed E-state index contributed by atoms with van der Waals surface area (Å²) in [6.45, 7) is 9.30. The minimum absolute atomic E-state index is 0.580. The molecule has 1 heteroatoms. The van der Waals surface area contributed by atoms with Crippen molar-refractivity contribution in [3.05, 3.63) is 35.4 Å². The van der Waals surface area contributed by atoms with E-state index >= 15 is 0 Å². The monoisotopic (exact) mass is 273 g/mol. The largest absolute Gasteiger partial charge is 0.311 e. The highest BCUT2D eigenvalue weighted by Crippen LogP contribution is 2.30. The van der Waals surface area contributed by atoms with Crippen LogP contribution in [-0.2, 0) is 6.42 Å². The summed E-state index contributed by atoms with van der Waals surface area (Å²) in [4.78, 5) is 0. The lowest BCUT2D eigenvalue weighted by Gasteiger charge is -2.33. The van der Waals surface area contributed by atoms with Crippen molar-refractivity contribution in [3.8, 4) is 0 Å². The van der Waals surface area contributed by atoms with Gasteiger partial charge in [0.15, 0.2) is 0 Å². The molecule has 0 saturated heterocycles. The van der Waals surface area contributed by atoms with Gasteiger partial charge in [-0.15, -0.1) is 0 Å². The zero-order chi connectivity index (χ0) is 14.5. The average Bonchev–Trinajstić information content (AvgIpc) is 2.42. The van der Waals surface area contributed by atoms with Crippen molar-refractivity contribution in [2.24, 2.45) is 11.8 Å². The van der Waals surface area contributed by atoms with E-state index in [9.17, 15) is 0 Å². The molecular formula is C19H31N. The molecule has 1 aromatic carbocycles. The van der Waals surface area contributed by atoms with Gasteiger partial charge in [-0.25, -0.2) is 0 Å². The number of aryl methyl sites for hydroxylation is 1. The second-order valence-electron chi connectivity index (χ2n) is 7.05. The van der Waals surface area contributed by atoms with E-state index in [4.69, 9.17) is 0 Å². The Morgan fingerprint density at radius 3 is 2.30 bits per heavy atom. The Bertz CT molecular complexity index is 402. The van der Waals surface area contributed by atoms with Crippen LogP contribution in [0, 0.1) is 18.8 Å². The van der Waals surface area contributed by atoms with Crippen LogP contribution in [0.5, 0.6) is 0 Å². The van der Waals surface area contributed by atoms with Crippen LogP contribution in [0.1, 0.15) is 57.6 Å². The summed E-state index contributed by atoms with van der Waals surface area (Å²) in [6, 6.07) is 10.1. The predicted molar refractivity (Wildman–Crippen MR) is 88.1 cm³/mol. The third-order valence-electron chi connectivity index (χ3n) is 5.02. The SMILES string of the molecule is Cc1ccccc1CC(C)NC1CCC(C(C)C)CC1. The quantitative estimate of drug-likeness (QED) is 0.817. The van der Waals surface area contributed by atoms with Gasteiger partial charge < -0.3 is 5.32 Å². The van der Waals surface area contributed by atoms with Crippen LogP contribution in [0.2, 0.25) is 0 Å². The average molecular weight is 273 g/mol. The summed E-state index contributed by atoms with van der Waals surface area (Å²) >= 11 is 0. The van der Waals surface area contributed by atoms with Crippen molar-refractivity contribution >= 4 is 0 Å². The molecule has 0 heterocycles. The lowest BCUT2D eigenvalue weighted by molar-refractivity contribution is 0.230. The molecule has 1 aliphatic carbocycles. The van der Waals surface area contributed by atoms with E-state index in [1.54, 1.807) is 0 Å². The van der Waals surface area contributed by atoms with Gasteiger partial charge in [-0.05, 0) is 68.9 Å². The van der Waals surface area contributed by atoms with E-state index < -0.39 is 0 Å². The Labute approximate surface area is 125 Å². The molecule has 0 amide bonds. The van der Waals surface area contributed by atoms with E-state index in [0.717, 1.165) is 24.3 Å². The molecular weight excluding hydrogens is 242 g/mol. The molecule has 1 aliphatic rings. The zero-order valence-corrected chi connectivity index (χ0v) is 13.7. The van der Waals surface area contributed by atoms with E-state index in [2.05, 4.69) is 57.3 Å². The van der Waals surface area contributed by atoms with Crippen LogP contribution in [0.4, 0.5) is 0 Å². The smallest absolute Gasteiger partial charge is 0.00818 e. The highest BCUT2D eigenvalue weighted by Gasteiger charge is 2.23. The summed E-state index contributed by atoms with van der Waals surface area (Å²) in [7, 11) is 0. The Hall–Kier alpha value is -0.820. The first-order chi connectivity index (χ1) is 9.56. The summed E-state index contributed by atoms with van der Waals surface area (Å²) in [6.07, 6.45) is 6.69. The van der Waals surface area contributed by atoms with Crippen molar-refractivity contribution in [1.82, 2.24) is 5.32 Å². The number of rotatable bonds is 5. The molecule has 1 aromatic rings. The lowest BCUT2D eigenvalue weighted by atomic mass is 9.79. The lowest BCUT2D eigenvalue weighted by Crippen LogP contribution is -2.40. The van der Waals surface area contributed by atoms with Crippen molar-refractivity contribution < 1.29 is 0 Å². The van der Waals surface area contributed by atoms with Crippen molar-refractivity contribution in [2.45, 2.75) is 71.9 Å². The van der Waals surface area contributed by atoms with Gasteiger partial charge in [0.1, 0.15) is 0 Å². The molecule has 1 unspecified atom stereocenters. The molecule has 1 fully saturated rings. The number of hydrogen-bond acceptors (Lipinski definition) is 1. The maximum absolute atomic E-state index is 3.85. The van der Waals surface area contributed by atoms with Crippen LogP contribution in [0.15, 0.2) is 24.3 Å². The van der Waals surface area contributed by atoms with Crippen molar-refractivity contribution in [3.63, 3.8) is 0 Å². The number of benzene rings is 1. The first-order valence-electron chi connectivity index (χ1n) is 8.36. The van der Waals surface area contributed by atoms with Gasteiger partial charge in [0, 0.05) is 12.1 Å². The Kier molecular flexibility index (Phi) is 5.65. The predicted octanol–water partition coefficient (Wildman–Crippen LogP) is 4.73. The minimum atomic E-state index is 0.580. The molecule has 0 radical (unpaired) electrons. The van der Waals surface area contributed by atoms with Gasteiger partial charge in [0.05, 0.1) is 0 Å². The Morgan fingerprint density at radius 1 is 1.05 bits per heavy atom. The zero-order valence-electron chi connectivity index (χ0n) is 13.7. The molecule has 2 rings (SSSR count). The normalized spacial score (nSPS) is 24.9. The van der Waals surface area contributed by atoms with Crippen molar-refractivity contribution in [2.75, 3.05) is 0 Å². The molecule has 1 atom stereocenters. The summed E-state index contributed by atoms with van der Waals surface area (Å²) in [5, 5.41) is 3.85. The van der Waals surface area contributed by atoms with E-state index in [-0.39, 0.29) is 0 Å². The van der Waals surface area contributed by atoms with Crippen LogP contribution >= 0.6 is 0 Å². The van der Waals surface area contributed by atoms with Gasteiger partial charge in [0.25, 0.3) is 0 Å². The third kappa shape index (κ3) is 4.34. The van der Waals surface area contributed by atoms with Crippen molar-refractivity contribution in [1.29, 1.82) is 0 Å². The molecule has 1 N–H and O–H groups in total. The Morgan fingerprint density at radius 2 is 1.70 bits per heavy atom. The molecule has 1 saturated carbocycles. The third-order valence-corrected chi connectivity index (χ3v) is 5.02. The molecule has 20 heavy (non-hydrogen) atoms. The molecule has 112 valence electrons. The fourth-order valence-corrected chi connectivity index (χ4v) is 3.58. The summed E-state index contributed by atoms with van der Waals surface area (Å²) in [5.74, 6) is 1.82. The fraction of sp³-hybridized carbons (Fsp3) is 0.684. The second-order valence-corrected chi connectivity index (χ2v) is 7.05. The Balaban J connectivity index is 1.78. The molecule has 0 aliphatic heterocycles. The molecule has 0 spiro atoms. The molecule has 0 bridgehead atoms. The fourth-order valence-electron chi connectivity index (χ4n) is 3.58. The molecule has 1 nitrogen and oxygen atoms in total. The summed E-state index contributed by atoms with van der Waals surface area (Å²) in [5.41, 5.74) is 2.91. The van der Waals surface area contributed by atoms with Crippen LogP contribution in [-0.4, -0.2) is 12.1 Å². The van der Waals surface area contributed by atoms with Crippen LogP contribution in [0.3, 0.4) is 0 Å². The standard InChI is InChI=1S/C19H31N/c1-14(2)17-9-11-19(12-10-17)20-16(4)13-18-8-6-5-7-15(18)3/h5-8,14,16-17,19-20H,9-13H2,1-4H3. The number of nitrogens with one attached hydrogen (secondary N) is 1. The number of hydrogen-bond donors (Lipinski definition) is 1. The van der Waals surface area contributed by atoms with E-state index in [1.165, 1.54) is 36.8 Å². The first-order valence-corrected chi connectivity index (χ1v) is 8.36. The van der Waals surface area contributed by atoms with Gasteiger partial charge in [-0.3, -0.25) is 0 Å².